The Morgan fingerprint density at radius 3 is 2.53 bits per heavy atom. The average molecular weight is 267 g/mol. The maximum atomic E-state index is 11.7. The molecule has 4 heteroatoms. The average Bonchev–Trinajstić information content (AvgIpc) is 3.23. The van der Waals surface area contributed by atoms with Crippen molar-refractivity contribution in [3.63, 3.8) is 0 Å². The summed E-state index contributed by atoms with van der Waals surface area (Å²) in [4.78, 5) is 14.2. The summed E-state index contributed by atoms with van der Waals surface area (Å²) in [6.45, 7) is 7.62. The maximum absolute atomic E-state index is 11.7. The van der Waals surface area contributed by atoms with Gasteiger partial charge in [0.1, 0.15) is 0 Å². The van der Waals surface area contributed by atoms with E-state index in [0.717, 1.165) is 31.8 Å². The third-order valence-corrected chi connectivity index (χ3v) is 4.46. The summed E-state index contributed by atoms with van der Waals surface area (Å²) in [7, 11) is 0. The van der Waals surface area contributed by atoms with Crippen LogP contribution in [-0.2, 0) is 4.79 Å². The van der Waals surface area contributed by atoms with Crippen molar-refractivity contribution in [2.75, 3.05) is 19.6 Å². The largest absolute Gasteiger partial charge is 0.368 e. The molecule has 4 nitrogen and oxygen atoms in total. The molecule has 2 fully saturated rings. The quantitative estimate of drug-likeness (QED) is 0.630. The van der Waals surface area contributed by atoms with Crippen molar-refractivity contribution in [2.24, 2.45) is 11.7 Å². The van der Waals surface area contributed by atoms with Crippen LogP contribution < -0.4 is 11.1 Å². The Hall–Kier alpha value is -0.610. The van der Waals surface area contributed by atoms with E-state index >= 15 is 0 Å². The van der Waals surface area contributed by atoms with Crippen molar-refractivity contribution in [3.8, 4) is 0 Å². The molecule has 0 heterocycles. The van der Waals surface area contributed by atoms with Gasteiger partial charge < -0.3 is 16.0 Å². The van der Waals surface area contributed by atoms with Crippen LogP contribution in [0.2, 0.25) is 0 Å². The van der Waals surface area contributed by atoms with Crippen molar-refractivity contribution in [3.05, 3.63) is 0 Å². The van der Waals surface area contributed by atoms with Gasteiger partial charge in [0, 0.05) is 12.6 Å². The van der Waals surface area contributed by atoms with Gasteiger partial charge in [-0.2, -0.15) is 0 Å². The molecule has 0 aromatic heterocycles. The number of rotatable bonds is 10. The third-order valence-electron chi connectivity index (χ3n) is 4.46. The van der Waals surface area contributed by atoms with E-state index in [-0.39, 0.29) is 5.91 Å². The number of carbonyl (C=O) groups is 1. The van der Waals surface area contributed by atoms with Crippen molar-refractivity contribution in [1.82, 2.24) is 10.2 Å². The van der Waals surface area contributed by atoms with Crippen LogP contribution in [0.4, 0.5) is 0 Å². The van der Waals surface area contributed by atoms with E-state index < -0.39 is 5.54 Å². The minimum Gasteiger partial charge on any atom is -0.368 e. The highest BCUT2D eigenvalue weighted by Crippen LogP contribution is 2.30. The van der Waals surface area contributed by atoms with E-state index in [4.69, 9.17) is 5.73 Å². The molecule has 0 saturated heterocycles. The molecule has 1 atom stereocenters. The van der Waals surface area contributed by atoms with Gasteiger partial charge >= 0.3 is 0 Å². The summed E-state index contributed by atoms with van der Waals surface area (Å²) in [5.41, 5.74) is 5.06. The maximum Gasteiger partial charge on any atom is 0.237 e. The molecule has 2 aliphatic rings. The summed E-state index contributed by atoms with van der Waals surface area (Å²) in [6.07, 6.45) is 7.06. The second-order valence-electron chi connectivity index (χ2n) is 6.56. The normalized spacial score (nSPS) is 22.5. The van der Waals surface area contributed by atoms with Gasteiger partial charge in [0.2, 0.25) is 5.91 Å². The van der Waals surface area contributed by atoms with E-state index in [1.807, 2.05) is 6.92 Å². The monoisotopic (exact) mass is 267 g/mol. The Bertz CT molecular complexity index is 313. The fourth-order valence-electron chi connectivity index (χ4n) is 2.64. The lowest BCUT2D eigenvalue weighted by Gasteiger charge is -2.29. The number of carbonyl (C=O) groups excluding carboxylic acids is 1. The number of hydrogen-bond donors (Lipinski definition) is 2. The lowest BCUT2D eigenvalue weighted by Crippen LogP contribution is -2.54. The second-order valence-corrected chi connectivity index (χ2v) is 6.56. The molecule has 0 aromatic carbocycles. The van der Waals surface area contributed by atoms with Gasteiger partial charge in [-0.1, -0.05) is 6.92 Å². The number of nitrogens with two attached hydrogens (primary N) is 1. The number of hydrogen-bond acceptors (Lipinski definition) is 3. The van der Waals surface area contributed by atoms with E-state index in [0.29, 0.717) is 6.04 Å². The van der Waals surface area contributed by atoms with Crippen LogP contribution >= 0.6 is 0 Å². The molecule has 2 saturated carbocycles. The predicted molar refractivity (Wildman–Crippen MR) is 77.8 cm³/mol. The summed E-state index contributed by atoms with van der Waals surface area (Å²) in [5, 5.41) is 3.42. The number of primary amides is 1. The molecule has 0 spiro atoms. The molecule has 0 radical (unpaired) electrons. The van der Waals surface area contributed by atoms with Gasteiger partial charge in [0.05, 0.1) is 5.54 Å². The van der Waals surface area contributed by atoms with Gasteiger partial charge in [-0.3, -0.25) is 4.79 Å². The Kier molecular flexibility index (Phi) is 4.85. The Labute approximate surface area is 117 Å². The summed E-state index contributed by atoms with van der Waals surface area (Å²) < 4.78 is 0. The Morgan fingerprint density at radius 2 is 2.05 bits per heavy atom. The highest BCUT2D eigenvalue weighted by Gasteiger charge is 2.36. The molecule has 0 bridgehead atoms. The molecule has 2 rings (SSSR count). The van der Waals surface area contributed by atoms with Gasteiger partial charge in [0.15, 0.2) is 0 Å². The highest BCUT2D eigenvalue weighted by atomic mass is 16.1. The summed E-state index contributed by atoms with van der Waals surface area (Å²) >= 11 is 0. The molecule has 0 aliphatic heterocycles. The molecule has 3 N–H and O–H groups in total. The molecule has 110 valence electrons. The van der Waals surface area contributed by atoms with Crippen LogP contribution in [0.3, 0.4) is 0 Å². The highest BCUT2D eigenvalue weighted by molar-refractivity contribution is 5.84. The molecule has 19 heavy (non-hydrogen) atoms. The SMILES string of the molecule is CCN(CCCC(C)(NC1CC1)C(N)=O)CC1CC1. The first-order chi connectivity index (χ1) is 9.03. The van der Waals surface area contributed by atoms with Crippen LogP contribution in [0.5, 0.6) is 0 Å². The van der Waals surface area contributed by atoms with Crippen LogP contribution in [0, 0.1) is 5.92 Å². The lowest BCUT2D eigenvalue weighted by molar-refractivity contribution is -0.124. The van der Waals surface area contributed by atoms with Crippen molar-refractivity contribution in [2.45, 2.75) is 64.0 Å². The fourth-order valence-corrected chi connectivity index (χ4v) is 2.64. The number of nitrogens with zero attached hydrogens (tertiary/aromatic N) is 1. The Morgan fingerprint density at radius 1 is 1.37 bits per heavy atom. The van der Waals surface area contributed by atoms with Crippen molar-refractivity contribution < 1.29 is 4.79 Å². The minimum atomic E-state index is -0.514. The smallest absolute Gasteiger partial charge is 0.237 e. The van der Waals surface area contributed by atoms with E-state index in [2.05, 4.69) is 17.1 Å². The topological polar surface area (TPSA) is 58.4 Å². The van der Waals surface area contributed by atoms with E-state index in [9.17, 15) is 4.79 Å². The van der Waals surface area contributed by atoms with Crippen LogP contribution in [0.1, 0.15) is 52.4 Å². The zero-order valence-electron chi connectivity index (χ0n) is 12.5. The number of amides is 1. The zero-order valence-corrected chi connectivity index (χ0v) is 12.5. The summed E-state index contributed by atoms with van der Waals surface area (Å²) in [5.74, 6) is 0.733. The van der Waals surface area contributed by atoms with Gasteiger partial charge in [0.25, 0.3) is 0 Å². The Balaban J connectivity index is 1.72. The predicted octanol–water partition coefficient (Wildman–Crippen LogP) is 1.49. The van der Waals surface area contributed by atoms with Gasteiger partial charge in [-0.15, -0.1) is 0 Å². The molecule has 1 unspecified atom stereocenters. The molecule has 2 aliphatic carbocycles. The molecular weight excluding hydrogens is 238 g/mol. The first-order valence-corrected chi connectivity index (χ1v) is 7.83. The lowest BCUT2D eigenvalue weighted by atomic mass is 9.94. The first-order valence-electron chi connectivity index (χ1n) is 7.83. The molecule has 0 aromatic rings. The van der Waals surface area contributed by atoms with E-state index in [1.54, 1.807) is 0 Å². The summed E-state index contributed by atoms with van der Waals surface area (Å²) in [6, 6.07) is 0.520. The number of nitrogens with one attached hydrogen (secondary N) is 1. The standard InChI is InChI=1S/C15H29N3O/c1-3-18(11-12-5-6-12)10-4-9-15(2,14(16)19)17-13-7-8-13/h12-13,17H,3-11H2,1-2H3,(H2,16,19). The van der Waals surface area contributed by atoms with E-state index in [1.165, 1.54) is 32.2 Å². The van der Waals surface area contributed by atoms with Crippen LogP contribution in [-0.4, -0.2) is 42.0 Å². The first kappa shape index (κ1) is 14.8. The zero-order chi connectivity index (χ0) is 13.9. The fraction of sp³-hybridized carbons (Fsp3) is 0.933. The second kappa shape index (κ2) is 6.23. The minimum absolute atomic E-state index is 0.204. The van der Waals surface area contributed by atoms with Crippen molar-refractivity contribution >= 4 is 5.91 Å². The van der Waals surface area contributed by atoms with Crippen LogP contribution in [0.25, 0.3) is 0 Å². The molecular formula is C15H29N3O. The van der Waals surface area contributed by atoms with Gasteiger partial charge in [-0.25, -0.2) is 0 Å². The molecule has 1 amide bonds. The van der Waals surface area contributed by atoms with Gasteiger partial charge in [-0.05, 0) is 64.5 Å². The third kappa shape index (κ3) is 4.77. The van der Waals surface area contributed by atoms with Crippen LogP contribution in [0.15, 0.2) is 0 Å². The van der Waals surface area contributed by atoms with Crippen molar-refractivity contribution in [1.29, 1.82) is 0 Å².